The molecule has 1 aromatic rings. The van der Waals surface area contributed by atoms with Gasteiger partial charge in [0.1, 0.15) is 0 Å². The molecule has 7 heteroatoms. The number of aromatic nitrogens is 1. The van der Waals surface area contributed by atoms with Crippen LogP contribution in [0.4, 0.5) is 4.79 Å². The van der Waals surface area contributed by atoms with E-state index in [0.717, 1.165) is 0 Å². The normalized spacial score (nSPS) is 9.00. The monoisotopic (exact) mass is 184 g/mol. The fourth-order valence-corrected chi connectivity index (χ4v) is 0.571. The first-order valence-electron chi connectivity index (χ1n) is 3.43. The van der Waals surface area contributed by atoms with E-state index in [1.54, 1.807) is 0 Å². The Hall–Kier alpha value is -2.05. The third-order valence-corrected chi connectivity index (χ3v) is 1.18. The molecule has 1 aromatic heterocycles. The summed E-state index contributed by atoms with van der Waals surface area (Å²) < 4.78 is 4.53. The lowest BCUT2D eigenvalue weighted by Gasteiger charge is -2.03. The Morgan fingerprint density at radius 3 is 2.77 bits per heavy atom. The molecule has 7 nitrogen and oxygen atoms in total. The van der Waals surface area contributed by atoms with Crippen molar-refractivity contribution in [3.8, 4) is 0 Å². The molecule has 3 N–H and O–H groups in total. The molecule has 0 saturated heterocycles. The van der Waals surface area contributed by atoms with Gasteiger partial charge < -0.3 is 9.84 Å². The maximum absolute atomic E-state index is 11.0. The van der Waals surface area contributed by atoms with Gasteiger partial charge in [-0.3, -0.25) is 10.2 Å². The predicted octanol–water partition coefficient (Wildman–Crippen LogP) is -0.752. The van der Waals surface area contributed by atoms with Crippen molar-refractivity contribution >= 4 is 11.9 Å². The molecular formula is C6H8N4O3. The number of rotatable bonds is 1. The van der Waals surface area contributed by atoms with Crippen molar-refractivity contribution in [3.05, 3.63) is 18.0 Å². The number of nitrogens with zero attached hydrogens (tertiary/aromatic N) is 1. The standard InChI is InChI=1S/C6H8N4O3/c1-7-6(12)10-9-5(11)4-2-3-8-13-4/h2-3H,1H3,(H,9,11)(H2,7,10,12). The van der Waals surface area contributed by atoms with Crippen LogP contribution in [-0.2, 0) is 0 Å². The van der Waals surface area contributed by atoms with Crippen molar-refractivity contribution in [2.75, 3.05) is 7.05 Å². The molecule has 0 unspecified atom stereocenters. The second kappa shape index (κ2) is 4.10. The van der Waals surface area contributed by atoms with Crippen LogP contribution in [0.3, 0.4) is 0 Å². The van der Waals surface area contributed by atoms with Gasteiger partial charge in [-0.25, -0.2) is 10.2 Å². The Kier molecular flexibility index (Phi) is 2.85. The van der Waals surface area contributed by atoms with Crippen molar-refractivity contribution in [1.82, 2.24) is 21.3 Å². The zero-order valence-corrected chi connectivity index (χ0v) is 6.83. The Morgan fingerprint density at radius 1 is 1.46 bits per heavy atom. The topological polar surface area (TPSA) is 96.3 Å². The van der Waals surface area contributed by atoms with Crippen LogP contribution in [0.2, 0.25) is 0 Å². The first-order chi connectivity index (χ1) is 6.24. The molecule has 0 radical (unpaired) electrons. The van der Waals surface area contributed by atoms with Gasteiger partial charge in [-0.15, -0.1) is 0 Å². The number of hydrogen-bond acceptors (Lipinski definition) is 4. The van der Waals surface area contributed by atoms with Crippen LogP contribution < -0.4 is 16.2 Å². The number of nitrogens with one attached hydrogen (secondary N) is 3. The number of carbonyl (C=O) groups excluding carboxylic acids is 2. The Bertz CT molecular complexity index is 295. The molecular weight excluding hydrogens is 176 g/mol. The van der Waals surface area contributed by atoms with E-state index in [-0.39, 0.29) is 5.76 Å². The lowest BCUT2D eigenvalue weighted by Crippen LogP contribution is -2.45. The molecule has 3 amide bonds. The predicted molar refractivity (Wildman–Crippen MR) is 41.6 cm³/mol. The fraction of sp³-hybridized carbons (Fsp3) is 0.167. The average molecular weight is 184 g/mol. The number of amides is 3. The second-order valence-corrected chi connectivity index (χ2v) is 2.03. The van der Waals surface area contributed by atoms with Crippen LogP contribution in [0.1, 0.15) is 10.6 Å². The average Bonchev–Trinajstić information content (AvgIpc) is 2.66. The lowest BCUT2D eigenvalue weighted by atomic mass is 10.4. The number of hydrogen-bond donors (Lipinski definition) is 3. The van der Waals surface area contributed by atoms with Crippen molar-refractivity contribution in [2.45, 2.75) is 0 Å². The van der Waals surface area contributed by atoms with E-state index in [4.69, 9.17) is 0 Å². The van der Waals surface area contributed by atoms with Crippen LogP contribution in [0.25, 0.3) is 0 Å². The highest BCUT2D eigenvalue weighted by molar-refractivity contribution is 5.92. The van der Waals surface area contributed by atoms with Crippen molar-refractivity contribution in [3.63, 3.8) is 0 Å². The van der Waals surface area contributed by atoms with E-state index in [1.165, 1.54) is 19.3 Å². The third-order valence-electron chi connectivity index (χ3n) is 1.18. The fourth-order valence-electron chi connectivity index (χ4n) is 0.571. The van der Waals surface area contributed by atoms with Gasteiger partial charge >= 0.3 is 11.9 Å². The summed E-state index contributed by atoms with van der Waals surface area (Å²) >= 11 is 0. The van der Waals surface area contributed by atoms with Gasteiger partial charge in [-0.05, 0) is 0 Å². The zero-order valence-electron chi connectivity index (χ0n) is 6.83. The van der Waals surface area contributed by atoms with Gasteiger partial charge in [-0.2, -0.15) is 0 Å². The Morgan fingerprint density at radius 2 is 2.23 bits per heavy atom. The minimum absolute atomic E-state index is 0.0244. The lowest BCUT2D eigenvalue weighted by molar-refractivity contribution is 0.0899. The number of hydrazine groups is 1. The molecule has 1 rings (SSSR count). The highest BCUT2D eigenvalue weighted by atomic mass is 16.5. The first-order valence-corrected chi connectivity index (χ1v) is 3.43. The van der Waals surface area contributed by atoms with Gasteiger partial charge in [0.05, 0.1) is 6.20 Å². The maximum atomic E-state index is 11.0. The summed E-state index contributed by atoms with van der Waals surface area (Å²) in [5.74, 6) is -0.544. The van der Waals surface area contributed by atoms with E-state index < -0.39 is 11.9 Å². The van der Waals surface area contributed by atoms with Crippen molar-refractivity contribution < 1.29 is 14.1 Å². The summed E-state index contributed by atoms with van der Waals surface area (Å²) in [6.45, 7) is 0. The van der Waals surface area contributed by atoms with E-state index in [2.05, 4.69) is 25.8 Å². The summed E-state index contributed by atoms with van der Waals surface area (Å²) in [5, 5.41) is 5.58. The van der Waals surface area contributed by atoms with E-state index >= 15 is 0 Å². The van der Waals surface area contributed by atoms with E-state index in [9.17, 15) is 9.59 Å². The van der Waals surface area contributed by atoms with Crippen LogP contribution in [0.5, 0.6) is 0 Å². The Labute approximate surface area is 73.4 Å². The quantitative estimate of drug-likeness (QED) is 0.500. The molecule has 0 aliphatic heterocycles. The van der Waals surface area contributed by atoms with Gasteiger partial charge in [-0.1, -0.05) is 5.16 Å². The summed E-state index contributed by atoms with van der Waals surface area (Å²) in [7, 11) is 1.43. The molecule has 0 aliphatic carbocycles. The van der Waals surface area contributed by atoms with Crippen molar-refractivity contribution in [1.29, 1.82) is 0 Å². The second-order valence-electron chi connectivity index (χ2n) is 2.03. The molecule has 0 fully saturated rings. The summed E-state index contributed by atoms with van der Waals surface area (Å²) in [4.78, 5) is 21.6. The SMILES string of the molecule is CNC(=O)NNC(=O)c1ccno1. The first kappa shape index (κ1) is 9.04. The van der Waals surface area contributed by atoms with Crippen LogP contribution in [-0.4, -0.2) is 24.1 Å². The van der Waals surface area contributed by atoms with Gasteiger partial charge in [0.2, 0.25) is 5.76 Å². The number of urea groups is 1. The third kappa shape index (κ3) is 2.47. The molecule has 0 spiro atoms. The molecule has 0 aromatic carbocycles. The van der Waals surface area contributed by atoms with Gasteiger partial charge in [0, 0.05) is 13.1 Å². The highest BCUT2D eigenvalue weighted by Gasteiger charge is 2.09. The molecule has 13 heavy (non-hydrogen) atoms. The minimum Gasteiger partial charge on any atom is -0.351 e. The van der Waals surface area contributed by atoms with Crippen LogP contribution >= 0.6 is 0 Å². The summed E-state index contributed by atoms with van der Waals surface area (Å²) in [6, 6.07) is 0.855. The van der Waals surface area contributed by atoms with Gasteiger partial charge in [0.25, 0.3) is 0 Å². The minimum atomic E-state index is -0.568. The molecule has 0 aliphatic rings. The molecule has 0 saturated carbocycles. The summed E-state index contributed by atoms with van der Waals surface area (Å²) in [6.07, 6.45) is 1.33. The summed E-state index contributed by atoms with van der Waals surface area (Å²) in [5.41, 5.74) is 4.18. The van der Waals surface area contributed by atoms with Crippen molar-refractivity contribution in [2.24, 2.45) is 0 Å². The van der Waals surface area contributed by atoms with Crippen LogP contribution in [0.15, 0.2) is 16.8 Å². The molecule has 0 atom stereocenters. The molecule has 0 bridgehead atoms. The maximum Gasteiger partial charge on any atom is 0.333 e. The van der Waals surface area contributed by atoms with E-state index in [1.807, 2.05) is 0 Å². The van der Waals surface area contributed by atoms with Crippen LogP contribution in [0, 0.1) is 0 Å². The van der Waals surface area contributed by atoms with Gasteiger partial charge in [0.15, 0.2) is 0 Å². The zero-order chi connectivity index (χ0) is 9.68. The molecule has 1 heterocycles. The largest absolute Gasteiger partial charge is 0.351 e. The highest BCUT2D eigenvalue weighted by Crippen LogP contribution is 1.93. The smallest absolute Gasteiger partial charge is 0.333 e. The molecule has 70 valence electrons. The van der Waals surface area contributed by atoms with E-state index in [0.29, 0.717) is 0 Å². The number of carbonyl (C=O) groups is 2. The Balaban J connectivity index is 2.39.